The van der Waals surface area contributed by atoms with Crippen molar-refractivity contribution in [3.8, 4) is 0 Å². The maximum atomic E-state index is 13.2. The topological polar surface area (TPSA) is 88.9 Å². The molecule has 1 aliphatic carbocycles. The molecule has 2 aliphatic rings. The Balaban J connectivity index is 1.63. The third-order valence-electron chi connectivity index (χ3n) is 4.68. The lowest BCUT2D eigenvalue weighted by atomic mass is 9.85. The van der Waals surface area contributed by atoms with E-state index in [4.69, 9.17) is 4.74 Å². The lowest BCUT2D eigenvalue weighted by Gasteiger charge is -2.37. The van der Waals surface area contributed by atoms with E-state index in [1.807, 2.05) is 22.8 Å². The number of fused-ring (bicyclic) bond motifs is 1. The highest BCUT2D eigenvalue weighted by atomic mass is 16.5. The molecule has 3 heterocycles. The van der Waals surface area contributed by atoms with E-state index in [1.165, 1.54) is 6.33 Å². The number of aryl methyl sites for hydroxylation is 2. The Morgan fingerprint density at radius 2 is 2.39 bits per heavy atom. The number of ether oxygens (including phenoxy) is 1. The van der Waals surface area contributed by atoms with Crippen LogP contribution in [-0.4, -0.2) is 55.5 Å². The highest BCUT2D eigenvalue weighted by molar-refractivity contribution is 5.84. The summed E-state index contributed by atoms with van der Waals surface area (Å²) in [7, 11) is 1.91. The second-order valence-electron chi connectivity index (χ2n) is 6.14. The molecule has 0 spiro atoms. The van der Waals surface area contributed by atoms with Gasteiger partial charge >= 0.3 is 0 Å². The molecule has 8 heteroatoms. The van der Waals surface area contributed by atoms with Crippen LogP contribution in [0.4, 0.5) is 0 Å². The molecule has 1 saturated heterocycles. The van der Waals surface area contributed by atoms with E-state index in [0.717, 1.165) is 30.5 Å². The van der Waals surface area contributed by atoms with Crippen LogP contribution in [0.1, 0.15) is 41.9 Å². The average molecular weight is 316 g/mol. The molecule has 0 bridgehead atoms. The van der Waals surface area contributed by atoms with Crippen molar-refractivity contribution in [2.45, 2.75) is 31.2 Å². The van der Waals surface area contributed by atoms with Crippen LogP contribution in [0.25, 0.3) is 0 Å². The number of hydrogen-bond acceptors (Lipinski definition) is 5. The van der Waals surface area contributed by atoms with Gasteiger partial charge in [-0.15, -0.1) is 0 Å². The first-order valence-electron chi connectivity index (χ1n) is 8.00. The summed E-state index contributed by atoms with van der Waals surface area (Å²) in [5.74, 6) is 0.708. The molecule has 23 heavy (non-hydrogen) atoms. The lowest BCUT2D eigenvalue weighted by molar-refractivity contribution is -0.142. The summed E-state index contributed by atoms with van der Waals surface area (Å²) in [6.07, 6.45) is 6.28. The third kappa shape index (κ3) is 2.52. The third-order valence-corrected chi connectivity index (χ3v) is 4.68. The number of rotatable bonds is 2. The molecule has 0 saturated carbocycles. The van der Waals surface area contributed by atoms with Gasteiger partial charge < -0.3 is 9.64 Å². The Bertz CT molecular complexity index is 695. The molecule has 1 fully saturated rings. The van der Waals surface area contributed by atoms with E-state index >= 15 is 0 Å². The van der Waals surface area contributed by atoms with Crippen LogP contribution in [0.5, 0.6) is 0 Å². The van der Waals surface area contributed by atoms with Crippen molar-refractivity contribution in [3.63, 3.8) is 0 Å². The van der Waals surface area contributed by atoms with E-state index in [-0.39, 0.29) is 17.9 Å². The van der Waals surface area contributed by atoms with Gasteiger partial charge in [0.1, 0.15) is 18.2 Å². The van der Waals surface area contributed by atoms with E-state index < -0.39 is 0 Å². The van der Waals surface area contributed by atoms with Crippen LogP contribution in [0.15, 0.2) is 12.5 Å². The van der Waals surface area contributed by atoms with Crippen molar-refractivity contribution < 1.29 is 9.53 Å². The number of carbonyl (C=O) groups is 1. The quantitative estimate of drug-likeness (QED) is 0.874. The maximum Gasteiger partial charge on any atom is 0.231 e. The Morgan fingerprint density at radius 3 is 3.22 bits per heavy atom. The van der Waals surface area contributed by atoms with Crippen LogP contribution in [0, 0.1) is 0 Å². The van der Waals surface area contributed by atoms with Gasteiger partial charge in [0.15, 0.2) is 0 Å². The fraction of sp³-hybridized carbons (Fsp3) is 0.600. The summed E-state index contributed by atoms with van der Waals surface area (Å²) in [6, 6.07) is -0.194. The number of H-pyrrole nitrogens is 1. The minimum absolute atomic E-state index is 0.115. The van der Waals surface area contributed by atoms with Crippen LogP contribution >= 0.6 is 0 Å². The molecule has 0 aromatic carbocycles. The number of amides is 1. The monoisotopic (exact) mass is 316 g/mol. The van der Waals surface area contributed by atoms with Crippen LogP contribution in [-0.2, 0) is 23.0 Å². The summed E-state index contributed by atoms with van der Waals surface area (Å²) in [6.45, 7) is 1.59. The summed E-state index contributed by atoms with van der Waals surface area (Å²) >= 11 is 0. The molecule has 1 aliphatic heterocycles. The molecule has 122 valence electrons. The molecule has 8 nitrogen and oxygen atoms in total. The Labute approximate surface area is 133 Å². The molecule has 2 aromatic heterocycles. The van der Waals surface area contributed by atoms with Crippen LogP contribution in [0.3, 0.4) is 0 Å². The summed E-state index contributed by atoms with van der Waals surface area (Å²) in [5, 5.41) is 11.3. The van der Waals surface area contributed by atoms with Crippen molar-refractivity contribution in [3.05, 3.63) is 29.6 Å². The fourth-order valence-electron chi connectivity index (χ4n) is 3.59. The zero-order chi connectivity index (χ0) is 15.8. The largest absolute Gasteiger partial charge is 0.377 e. The Hall–Kier alpha value is -2.22. The van der Waals surface area contributed by atoms with E-state index in [0.29, 0.717) is 25.6 Å². The maximum absolute atomic E-state index is 13.2. The number of nitrogens with zero attached hydrogens (tertiary/aromatic N) is 5. The first kappa shape index (κ1) is 14.4. The van der Waals surface area contributed by atoms with E-state index in [1.54, 1.807) is 0 Å². The number of hydrogen-bond donors (Lipinski definition) is 1. The molecule has 1 amide bonds. The van der Waals surface area contributed by atoms with Gasteiger partial charge in [0.05, 0.1) is 24.8 Å². The summed E-state index contributed by atoms with van der Waals surface area (Å²) in [4.78, 5) is 19.3. The first-order valence-corrected chi connectivity index (χ1v) is 8.00. The van der Waals surface area contributed by atoms with Gasteiger partial charge in [0.2, 0.25) is 5.91 Å². The molecule has 0 radical (unpaired) electrons. The fourth-order valence-corrected chi connectivity index (χ4v) is 3.59. The van der Waals surface area contributed by atoms with Crippen LogP contribution in [0.2, 0.25) is 0 Å². The number of aromatic nitrogens is 5. The van der Waals surface area contributed by atoms with Gasteiger partial charge in [0, 0.05) is 25.4 Å². The lowest BCUT2D eigenvalue weighted by Crippen LogP contribution is -2.46. The molecular weight excluding hydrogens is 296 g/mol. The number of morpholine rings is 1. The Kier molecular flexibility index (Phi) is 3.60. The van der Waals surface area contributed by atoms with Crippen molar-refractivity contribution in [1.82, 2.24) is 29.9 Å². The molecule has 2 aromatic rings. The van der Waals surface area contributed by atoms with Gasteiger partial charge in [-0.2, -0.15) is 10.2 Å². The zero-order valence-corrected chi connectivity index (χ0v) is 13.1. The molecule has 1 N–H and O–H groups in total. The number of nitrogens with one attached hydrogen (secondary N) is 1. The van der Waals surface area contributed by atoms with Crippen molar-refractivity contribution in [2.24, 2.45) is 7.05 Å². The molecule has 2 unspecified atom stereocenters. The van der Waals surface area contributed by atoms with Crippen molar-refractivity contribution in [2.75, 3.05) is 19.8 Å². The number of carbonyl (C=O) groups excluding carboxylic acids is 1. The molecular formula is C15H20N6O2. The minimum atomic E-state index is -0.194. The smallest absolute Gasteiger partial charge is 0.231 e. The standard InChI is InChI=1S/C15H20N6O2/c1-20-7-11-10(3-2-4-12(11)19-20)15(22)21-5-6-23-8-13(21)14-16-9-17-18-14/h7,9-10,13H,2-6,8H2,1H3,(H,16,17,18). The second kappa shape index (κ2) is 5.77. The van der Waals surface area contributed by atoms with Gasteiger partial charge in [-0.3, -0.25) is 14.6 Å². The van der Waals surface area contributed by atoms with Gasteiger partial charge in [-0.05, 0) is 19.3 Å². The van der Waals surface area contributed by atoms with Crippen molar-refractivity contribution >= 4 is 5.91 Å². The van der Waals surface area contributed by atoms with Crippen molar-refractivity contribution in [1.29, 1.82) is 0 Å². The summed E-state index contributed by atoms with van der Waals surface area (Å²) < 4.78 is 7.36. The first-order chi connectivity index (χ1) is 11.2. The van der Waals surface area contributed by atoms with Crippen LogP contribution < -0.4 is 0 Å². The zero-order valence-electron chi connectivity index (χ0n) is 13.1. The second-order valence-corrected chi connectivity index (χ2v) is 6.14. The number of aromatic amines is 1. The SMILES string of the molecule is Cn1cc2c(n1)CCCC2C(=O)N1CCOCC1c1ncn[nH]1. The normalized spacial score (nSPS) is 24.5. The van der Waals surface area contributed by atoms with Gasteiger partial charge in [-0.1, -0.05) is 0 Å². The molecule has 2 atom stereocenters. The predicted octanol–water partition coefficient (Wildman–Crippen LogP) is 0.558. The van der Waals surface area contributed by atoms with E-state index in [9.17, 15) is 4.79 Å². The Morgan fingerprint density at radius 1 is 1.48 bits per heavy atom. The highest BCUT2D eigenvalue weighted by Crippen LogP contribution is 2.34. The van der Waals surface area contributed by atoms with E-state index in [2.05, 4.69) is 20.3 Å². The molecule has 4 rings (SSSR count). The highest BCUT2D eigenvalue weighted by Gasteiger charge is 2.37. The minimum Gasteiger partial charge on any atom is -0.377 e. The summed E-state index contributed by atoms with van der Waals surface area (Å²) in [5.41, 5.74) is 2.13. The van der Waals surface area contributed by atoms with Gasteiger partial charge in [-0.25, -0.2) is 4.98 Å². The average Bonchev–Trinajstić information content (AvgIpc) is 3.22. The van der Waals surface area contributed by atoms with Gasteiger partial charge in [0.25, 0.3) is 0 Å². The predicted molar refractivity (Wildman–Crippen MR) is 80.5 cm³/mol.